The van der Waals surface area contributed by atoms with E-state index in [1.807, 2.05) is 12.1 Å². The van der Waals surface area contributed by atoms with E-state index < -0.39 is 0 Å². The molecule has 0 radical (unpaired) electrons. The molecule has 18 heavy (non-hydrogen) atoms. The van der Waals surface area contributed by atoms with Crippen LogP contribution in [0.3, 0.4) is 0 Å². The average Bonchev–Trinajstić information content (AvgIpc) is 2.39. The molecule has 2 nitrogen and oxygen atoms in total. The lowest BCUT2D eigenvalue weighted by atomic mass is 10.1. The number of hydrogen-bond donors (Lipinski definition) is 2. The van der Waals surface area contributed by atoms with Crippen molar-refractivity contribution in [3.8, 4) is 5.75 Å². The van der Waals surface area contributed by atoms with Gasteiger partial charge in [-0.1, -0.05) is 36.4 Å². The maximum Gasteiger partial charge on any atom is 0.115 e. The number of hydrogen-bond acceptors (Lipinski definition) is 2. The van der Waals surface area contributed by atoms with Crippen molar-refractivity contribution in [3.63, 3.8) is 0 Å². The molecule has 0 bridgehead atoms. The molecule has 0 heterocycles. The van der Waals surface area contributed by atoms with E-state index in [0.717, 1.165) is 19.5 Å². The number of phenols is 1. The molecular weight excluding hydrogens is 222 g/mol. The Morgan fingerprint density at radius 3 is 2.44 bits per heavy atom. The molecule has 2 heteroatoms. The zero-order valence-corrected chi connectivity index (χ0v) is 10.7. The van der Waals surface area contributed by atoms with Gasteiger partial charge < -0.3 is 10.4 Å². The first-order valence-electron chi connectivity index (χ1n) is 6.29. The van der Waals surface area contributed by atoms with E-state index in [2.05, 4.69) is 36.5 Å². The predicted molar refractivity (Wildman–Crippen MR) is 74.7 cm³/mol. The summed E-state index contributed by atoms with van der Waals surface area (Å²) in [6, 6.07) is 15.8. The first-order chi connectivity index (χ1) is 8.75. The number of benzene rings is 2. The molecule has 0 unspecified atom stereocenters. The maximum atomic E-state index is 9.19. The minimum Gasteiger partial charge on any atom is -0.508 e. The van der Waals surface area contributed by atoms with Crippen LogP contribution in [0.25, 0.3) is 0 Å². The van der Waals surface area contributed by atoms with Crippen LogP contribution < -0.4 is 5.32 Å². The Labute approximate surface area is 108 Å². The molecule has 0 aromatic heterocycles. The Kier molecular flexibility index (Phi) is 4.37. The topological polar surface area (TPSA) is 32.3 Å². The molecule has 94 valence electrons. The highest BCUT2D eigenvalue weighted by molar-refractivity contribution is 5.26. The van der Waals surface area contributed by atoms with E-state index in [4.69, 9.17) is 0 Å². The fourth-order valence-corrected chi connectivity index (χ4v) is 1.93. The fourth-order valence-electron chi connectivity index (χ4n) is 1.93. The maximum absolute atomic E-state index is 9.19. The Bertz CT molecular complexity index is 491. The standard InChI is InChI=1S/C16H19NO/c1-13-4-2-3-5-15(13)12-17-11-10-14-6-8-16(18)9-7-14/h2-9,17-18H,10-12H2,1H3. The smallest absolute Gasteiger partial charge is 0.115 e. The fraction of sp³-hybridized carbons (Fsp3) is 0.250. The van der Waals surface area contributed by atoms with Crippen LogP contribution in [0.4, 0.5) is 0 Å². The van der Waals surface area contributed by atoms with Crippen LogP contribution in [0.5, 0.6) is 5.75 Å². The van der Waals surface area contributed by atoms with Gasteiger partial charge in [-0.15, -0.1) is 0 Å². The number of rotatable bonds is 5. The molecule has 2 rings (SSSR count). The van der Waals surface area contributed by atoms with Gasteiger partial charge in [0.15, 0.2) is 0 Å². The molecule has 0 fully saturated rings. The highest BCUT2D eigenvalue weighted by atomic mass is 16.3. The van der Waals surface area contributed by atoms with Gasteiger partial charge in [0.05, 0.1) is 0 Å². The van der Waals surface area contributed by atoms with Crippen LogP contribution in [-0.4, -0.2) is 11.7 Å². The van der Waals surface area contributed by atoms with Crippen molar-refractivity contribution in [2.75, 3.05) is 6.54 Å². The number of aromatic hydroxyl groups is 1. The van der Waals surface area contributed by atoms with Gasteiger partial charge in [-0.25, -0.2) is 0 Å². The minimum atomic E-state index is 0.326. The molecule has 0 atom stereocenters. The summed E-state index contributed by atoms with van der Waals surface area (Å²) in [6.45, 7) is 3.99. The lowest BCUT2D eigenvalue weighted by molar-refractivity contribution is 0.475. The van der Waals surface area contributed by atoms with Crippen molar-refractivity contribution < 1.29 is 5.11 Å². The Balaban J connectivity index is 1.76. The zero-order valence-electron chi connectivity index (χ0n) is 10.7. The van der Waals surface area contributed by atoms with Crippen molar-refractivity contribution in [1.29, 1.82) is 0 Å². The lowest BCUT2D eigenvalue weighted by Crippen LogP contribution is -2.17. The Hall–Kier alpha value is -1.80. The molecule has 0 aliphatic heterocycles. The second kappa shape index (κ2) is 6.22. The van der Waals surface area contributed by atoms with Crippen molar-refractivity contribution in [2.24, 2.45) is 0 Å². The molecule has 0 aliphatic rings. The van der Waals surface area contributed by atoms with Gasteiger partial charge in [0.25, 0.3) is 0 Å². The monoisotopic (exact) mass is 241 g/mol. The molecule has 0 amide bonds. The van der Waals surface area contributed by atoms with Crippen LogP contribution in [0.15, 0.2) is 48.5 Å². The average molecular weight is 241 g/mol. The van der Waals surface area contributed by atoms with Crippen molar-refractivity contribution in [3.05, 3.63) is 65.2 Å². The molecule has 2 N–H and O–H groups in total. The van der Waals surface area contributed by atoms with E-state index in [0.29, 0.717) is 5.75 Å². The summed E-state index contributed by atoms with van der Waals surface area (Å²) < 4.78 is 0. The summed E-state index contributed by atoms with van der Waals surface area (Å²) >= 11 is 0. The summed E-state index contributed by atoms with van der Waals surface area (Å²) in [5, 5.41) is 12.6. The summed E-state index contributed by atoms with van der Waals surface area (Å²) in [7, 11) is 0. The Morgan fingerprint density at radius 1 is 1.00 bits per heavy atom. The molecule has 2 aromatic carbocycles. The molecule has 0 saturated heterocycles. The van der Waals surface area contributed by atoms with Gasteiger partial charge >= 0.3 is 0 Å². The number of nitrogens with one attached hydrogen (secondary N) is 1. The molecular formula is C16H19NO. The highest BCUT2D eigenvalue weighted by Crippen LogP contribution is 2.10. The molecule has 2 aromatic rings. The van der Waals surface area contributed by atoms with Crippen LogP contribution in [-0.2, 0) is 13.0 Å². The first-order valence-corrected chi connectivity index (χ1v) is 6.29. The van der Waals surface area contributed by atoms with E-state index in [1.54, 1.807) is 12.1 Å². The van der Waals surface area contributed by atoms with Gasteiger partial charge in [-0.05, 0) is 48.7 Å². The van der Waals surface area contributed by atoms with E-state index >= 15 is 0 Å². The van der Waals surface area contributed by atoms with Crippen molar-refractivity contribution in [2.45, 2.75) is 19.9 Å². The number of aryl methyl sites for hydroxylation is 1. The first kappa shape index (κ1) is 12.7. The SMILES string of the molecule is Cc1ccccc1CNCCc1ccc(O)cc1. The minimum absolute atomic E-state index is 0.326. The van der Waals surface area contributed by atoms with Crippen LogP contribution in [0.1, 0.15) is 16.7 Å². The van der Waals surface area contributed by atoms with E-state index in [-0.39, 0.29) is 0 Å². The molecule has 0 spiro atoms. The molecule has 0 aliphatic carbocycles. The van der Waals surface area contributed by atoms with Gasteiger partial charge in [-0.2, -0.15) is 0 Å². The van der Waals surface area contributed by atoms with Gasteiger partial charge in [-0.3, -0.25) is 0 Å². The van der Waals surface area contributed by atoms with Crippen molar-refractivity contribution >= 4 is 0 Å². The third-order valence-corrected chi connectivity index (χ3v) is 3.10. The summed E-state index contributed by atoms with van der Waals surface area (Å²) in [5.41, 5.74) is 3.92. The molecule has 0 saturated carbocycles. The second-order valence-corrected chi connectivity index (χ2v) is 4.52. The second-order valence-electron chi connectivity index (χ2n) is 4.52. The van der Waals surface area contributed by atoms with Gasteiger partial charge in [0, 0.05) is 6.54 Å². The van der Waals surface area contributed by atoms with Crippen molar-refractivity contribution in [1.82, 2.24) is 5.32 Å². The van der Waals surface area contributed by atoms with Crippen LogP contribution >= 0.6 is 0 Å². The van der Waals surface area contributed by atoms with Crippen LogP contribution in [0.2, 0.25) is 0 Å². The normalized spacial score (nSPS) is 10.5. The Morgan fingerprint density at radius 2 is 1.72 bits per heavy atom. The third kappa shape index (κ3) is 3.60. The van der Waals surface area contributed by atoms with E-state index in [1.165, 1.54) is 16.7 Å². The van der Waals surface area contributed by atoms with Crippen LogP contribution in [0, 0.1) is 6.92 Å². The summed E-state index contributed by atoms with van der Waals surface area (Å²) in [6.07, 6.45) is 0.978. The summed E-state index contributed by atoms with van der Waals surface area (Å²) in [4.78, 5) is 0. The quantitative estimate of drug-likeness (QED) is 0.789. The summed E-state index contributed by atoms with van der Waals surface area (Å²) in [5.74, 6) is 0.326. The number of phenolic OH excluding ortho intramolecular Hbond substituents is 1. The third-order valence-electron chi connectivity index (χ3n) is 3.10. The van der Waals surface area contributed by atoms with Gasteiger partial charge in [0.2, 0.25) is 0 Å². The zero-order chi connectivity index (χ0) is 12.8. The predicted octanol–water partition coefficient (Wildman–Crippen LogP) is 3.03. The van der Waals surface area contributed by atoms with Gasteiger partial charge in [0.1, 0.15) is 5.75 Å². The van der Waals surface area contributed by atoms with E-state index in [9.17, 15) is 5.11 Å². The lowest BCUT2D eigenvalue weighted by Gasteiger charge is -2.07. The highest BCUT2D eigenvalue weighted by Gasteiger charge is 1.97. The largest absolute Gasteiger partial charge is 0.508 e.